The average Bonchev–Trinajstić information content (AvgIpc) is 3.54. The summed E-state index contributed by atoms with van der Waals surface area (Å²) in [7, 11) is 0. The van der Waals surface area contributed by atoms with Crippen LogP contribution in [0.15, 0.2) is 61.2 Å². The van der Waals surface area contributed by atoms with E-state index in [4.69, 9.17) is 0 Å². The van der Waals surface area contributed by atoms with E-state index in [1.165, 1.54) is 47.8 Å². The Balaban J connectivity index is 1.49. The monoisotopic (exact) mass is 327 g/mol. The smallest absolute Gasteiger partial charge is 0.130 e. The molecule has 2 aromatic heterocycles. The molecule has 0 spiro atoms. The van der Waals surface area contributed by atoms with Gasteiger partial charge in [-0.2, -0.15) is 0 Å². The van der Waals surface area contributed by atoms with Crippen LogP contribution in [0, 0.1) is 5.92 Å². The van der Waals surface area contributed by atoms with Gasteiger partial charge >= 0.3 is 0 Å². The number of allylic oxidation sites excluding steroid dienone is 1. The van der Waals surface area contributed by atoms with Crippen molar-refractivity contribution in [3.8, 4) is 11.1 Å². The first kappa shape index (κ1) is 14.6. The highest BCUT2D eigenvalue weighted by Crippen LogP contribution is 2.44. The summed E-state index contributed by atoms with van der Waals surface area (Å²) < 4.78 is 0. The Morgan fingerprint density at radius 3 is 2.68 bits per heavy atom. The number of nitrogens with zero attached hydrogens (tertiary/aromatic N) is 2. The van der Waals surface area contributed by atoms with Gasteiger partial charge in [-0.1, -0.05) is 18.7 Å². The number of fused-ring (bicyclic) bond motifs is 1. The second kappa shape index (κ2) is 5.69. The predicted molar refractivity (Wildman–Crippen MR) is 102 cm³/mol. The van der Waals surface area contributed by atoms with Crippen molar-refractivity contribution < 1.29 is 0 Å². The highest BCUT2D eigenvalue weighted by Gasteiger charge is 2.26. The molecule has 0 aliphatic heterocycles. The molecule has 0 unspecified atom stereocenters. The molecule has 2 saturated carbocycles. The molecule has 0 saturated heterocycles. The molecule has 5 rings (SSSR count). The third-order valence-electron chi connectivity index (χ3n) is 5.26. The molecule has 0 atom stereocenters. The Morgan fingerprint density at radius 1 is 1.00 bits per heavy atom. The lowest BCUT2D eigenvalue weighted by molar-refractivity contribution is 1.01. The fourth-order valence-corrected chi connectivity index (χ4v) is 3.47. The summed E-state index contributed by atoms with van der Waals surface area (Å²) in [6.45, 7) is 4.12. The normalized spacial score (nSPS) is 16.8. The summed E-state index contributed by atoms with van der Waals surface area (Å²) in [4.78, 5) is 8.92. The number of anilines is 1. The Morgan fingerprint density at radius 2 is 1.88 bits per heavy atom. The SMILES string of the molecule is C=C(Nc1cc2ccc(-c3cnccc3C3CC3)cc2cn1)C1CC1. The maximum atomic E-state index is 4.57. The van der Waals surface area contributed by atoms with Gasteiger partial charge in [0.2, 0.25) is 0 Å². The van der Waals surface area contributed by atoms with Crippen molar-refractivity contribution in [1.29, 1.82) is 0 Å². The molecule has 25 heavy (non-hydrogen) atoms. The average molecular weight is 327 g/mol. The summed E-state index contributed by atoms with van der Waals surface area (Å²) in [5, 5.41) is 5.71. The van der Waals surface area contributed by atoms with Crippen LogP contribution in [-0.2, 0) is 0 Å². The molecule has 124 valence electrons. The Kier molecular flexibility index (Phi) is 3.34. The molecule has 3 nitrogen and oxygen atoms in total. The molecule has 2 heterocycles. The van der Waals surface area contributed by atoms with Crippen molar-refractivity contribution in [3.63, 3.8) is 0 Å². The van der Waals surface area contributed by atoms with Crippen molar-refractivity contribution in [2.45, 2.75) is 31.6 Å². The number of nitrogens with one attached hydrogen (secondary N) is 1. The lowest BCUT2D eigenvalue weighted by Gasteiger charge is -2.11. The second-order valence-corrected chi connectivity index (χ2v) is 7.29. The van der Waals surface area contributed by atoms with Gasteiger partial charge in [0.25, 0.3) is 0 Å². The van der Waals surface area contributed by atoms with Crippen molar-refractivity contribution in [3.05, 3.63) is 66.8 Å². The molecule has 2 fully saturated rings. The van der Waals surface area contributed by atoms with E-state index in [0.29, 0.717) is 11.8 Å². The van der Waals surface area contributed by atoms with E-state index in [2.05, 4.69) is 52.2 Å². The predicted octanol–water partition coefficient (Wildman–Crippen LogP) is 5.51. The van der Waals surface area contributed by atoms with Gasteiger partial charge in [0.15, 0.2) is 0 Å². The van der Waals surface area contributed by atoms with Gasteiger partial charge in [0, 0.05) is 35.2 Å². The Labute approximate surface area is 147 Å². The molecule has 3 aromatic rings. The molecule has 1 aromatic carbocycles. The van der Waals surface area contributed by atoms with E-state index in [0.717, 1.165) is 16.9 Å². The lowest BCUT2D eigenvalue weighted by atomic mass is 9.97. The highest BCUT2D eigenvalue weighted by atomic mass is 15.0. The maximum absolute atomic E-state index is 4.57. The summed E-state index contributed by atoms with van der Waals surface area (Å²) in [6, 6.07) is 10.9. The molecule has 0 amide bonds. The van der Waals surface area contributed by atoms with Crippen LogP contribution >= 0.6 is 0 Å². The summed E-state index contributed by atoms with van der Waals surface area (Å²) >= 11 is 0. The third kappa shape index (κ3) is 2.91. The van der Waals surface area contributed by atoms with Crippen LogP contribution in [0.2, 0.25) is 0 Å². The standard InChI is InChI=1S/C22H21N3/c1-14(15-2-3-15)25-22-11-17-6-7-18(10-19(17)12-24-22)21-13-23-9-8-20(21)16-4-5-16/h6-13,15-16H,1-5H2,(H,24,25). The number of benzene rings is 1. The molecule has 1 N–H and O–H groups in total. The number of hydrogen-bond acceptors (Lipinski definition) is 3. The van der Waals surface area contributed by atoms with Crippen molar-refractivity contribution >= 4 is 16.6 Å². The van der Waals surface area contributed by atoms with Gasteiger partial charge in [0.1, 0.15) is 5.82 Å². The fraction of sp³-hybridized carbons (Fsp3) is 0.273. The quantitative estimate of drug-likeness (QED) is 0.671. The first-order valence-corrected chi connectivity index (χ1v) is 9.08. The van der Waals surface area contributed by atoms with Crippen molar-refractivity contribution in [2.75, 3.05) is 5.32 Å². The van der Waals surface area contributed by atoms with Crippen LogP contribution < -0.4 is 5.32 Å². The number of rotatable bonds is 5. The number of pyridine rings is 2. The zero-order chi connectivity index (χ0) is 16.8. The zero-order valence-electron chi connectivity index (χ0n) is 14.2. The lowest BCUT2D eigenvalue weighted by Crippen LogP contribution is -2.01. The summed E-state index contributed by atoms with van der Waals surface area (Å²) in [6.07, 6.45) is 10.9. The van der Waals surface area contributed by atoms with E-state index < -0.39 is 0 Å². The van der Waals surface area contributed by atoms with Gasteiger partial charge in [-0.3, -0.25) is 4.98 Å². The number of aromatic nitrogens is 2. The van der Waals surface area contributed by atoms with Gasteiger partial charge in [-0.05, 0) is 72.2 Å². The number of hydrogen-bond donors (Lipinski definition) is 1. The minimum Gasteiger partial charge on any atom is -0.344 e. The first-order chi connectivity index (χ1) is 12.3. The van der Waals surface area contributed by atoms with Crippen molar-refractivity contribution in [1.82, 2.24) is 9.97 Å². The van der Waals surface area contributed by atoms with E-state index in [9.17, 15) is 0 Å². The van der Waals surface area contributed by atoms with Crippen LogP contribution in [0.25, 0.3) is 21.9 Å². The molecule has 2 aliphatic carbocycles. The maximum Gasteiger partial charge on any atom is 0.130 e. The molecule has 0 bridgehead atoms. The minimum absolute atomic E-state index is 0.631. The topological polar surface area (TPSA) is 37.8 Å². The van der Waals surface area contributed by atoms with Crippen LogP contribution in [0.5, 0.6) is 0 Å². The molecule has 0 radical (unpaired) electrons. The van der Waals surface area contributed by atoms with Gasteiger partial charge in [0.05, 0.1) is 0 Å². The van der Waals surface area contributed by atoms with E-state index in [-0.39, 0.29) is 0 Å². The van der Waals surface area contributed by atoms with E-state index in [1.807, 2.05) is 18.6 Å². The van der Waals surface area contributed by atoms with Crippen molar-refractivity contribution in [2.24, 2.45) is 5.92 Å². The minimum atomic E-state index is 0.631. The summed E-state index contributed by atoms with van der Waals surface area (Å²) in [5.41, 5.74) is 5.01. The van der Waals surface area contributed by atoms with E-state index >= 15 is 0 Å². The van der Waals surface area contributed by atoms with E-state index in [1.54, 1.807) is 0 Å². The first-order valence-electron chi connectivity index (χ1n) is 9.08. The van der Waals surface area contributed by atoms with Crippen LogP contribution in [0.3, 0.4) is 0 Å². The van der Waals surface area contributed by atoms with Crippen LogP contribution in [0.1, 0.15) is 37.2 Å². The fourth-order valence-electron chi connectivity index (χ4n) is 3.47. The molecular weight excluding hydrogens is 306 g/mol. The second-order valence-electron chi connectivity index (χ2n) is 7.29. The summed E-state index contributed by atoms with van der Waals surface area (Å²) in [5.74, 6) is 2.23. The Bertz CT molecular complexity index is 968. The van der Waals surface area contributed by atoms with Crippen LogP contribution in [-0.4, -0.2) is 9.97 Å². The highest BCUT2D eigenvalue weighted by molar-refractivity contribution is 5.89. The third-order valence-corrected chi connectivity index (χ3v) is 5.26. The van der Waals surface area contributed by atoms with Gasteiger partial charge in [-0.15, -0.1) is 0 Å². The molecular formula is C22H21N3. The van der Waals surface area contributed by atoms with Gasteiger partial charge in [-0.25, -0.2) is 4.98 Å². The zero-order valence-corrected chi connectivity index (χ0v) is 14.2. The Hall–Kier alpha value is -2.68. The molecule has 2 aliphatic rings. The molecule has 3 heteroatoms. The van der Waals surface area contributed by atoms with Gasteiger partial charge < -0.3 is 5.32 Å². The van der Waals surface area contributed by atoms with Crippen LogP contribution in [0.4, 0.5) is 5.82 Å². The largest absolute Gasteiger partial charge is 0.344 e.